The van der Waals surface area contributed by atoms with E-state index in [1.54, 1.807) is 12.1 Å². The first-order chi connectivity index (χ1) is 12.0. The Kier molecular flexibility index (Phi) is 5.06. The molecule has 0 unspecified atom stereocenters. The van der Waals surface area contributed by atoms with E-state index in [-0.39, 0.29) is 12.2 Å². The van der Waals surface area contributed by atoms with Gasteiger partial charge in [-0.2, -0.15) is 0 Å². The highest BCUT2D eigenvalue weighted by Crippen LogP contribution is 2.25. The van der Waals surface area contributed by atoms with Crippen molar-refractivity contribution < 1.29 is 19.7 Å². The number of para-hydroxylation sites is 1. The van der Waals surface area contributed by atoms with Crippen LogP contribution >= 0.6 is 0 Å². The average molecular weight is 341 g/mol. The number of carboxylic acids is 1. The molecule has 1 heterocycles. The third-order valence-electron chi connectivity index (χ3n) is 4.61. The fraction of sp³-hybridized carbons (Fsp3) is 0.350. The lowest BCUT2D eigenvalue weighted by atomic mass is 10.1. The number of rotatable bonds is 6. The van der Waals surface area contributed by atoms with Crippen molar-refractivity contribution in [3.63, 3.8) is 0 Å². The Bertz CT molecular complexity index is 744. The summed E-state index contributed by atoms with van der Waals surface area (Å²) in [6.45, 7) is 4.27. The largest absolute Gasteiger partial charge is 0.490 e. The molecule has 5 nitrogen and oxygen atoms in total. The molecular formula is C20H23NO4. The van der Waals surface area contributed by atoms with Gasteiger partial charge in [0.25, 0.3) is 0 Å². The second kappa shape index (κ2) is 7.25. The summed E-state index contributed by atoms with van der Waals surface area (Å²) in [5, 5.41) is 19.7. The standard InChI is InChI=1S/C20H23NO4/c1-15-4-2-3-5-18(15)25-14-20(24)10-11-21(13-20)12-16-6-8-17(9-7-16)19(22)23/h2-9,24H,10-14H2,1H3,(H,22,23)/t20-/m1/s1. The number of likely N-dealkylation sites (tertiary alicyclic amines) is 1. The SMILES string of the molecule is Cc1ccccc1OC[C@@]1(O)CCN(Cc2ccc(C(=O)O)cc2)C1. The maximum Gasteiger partial charge on any atom is 0.335 e. The van der Waals surface area contributed by atoms with E-state index in [1.807, 2.05) is 43.3 Å². The molecule has 0 spiro atoms. The summed E-state index contributed by atoms with van der Waals surface area (Å²) >= 11 is 0. The summed E-state index contributed by atoms with van der Waals surface area (Å²) in [5.74, 6) is -0.117. The van der Waals surface area contributed by atoms with Crippen LogP contribution in [0.1, 0.15) is 27.9 Å². The van der Waals surface area contributed by atoms with Gasteiger partial charge in [-0.3, -0.25) is 4.90 Å². The summed E-state index contributed by atoms with van der Waals surface area (Å²) in [5.41, 5.74) is 1.52. The van der Waals surface area contributed by atoms with E-state index in [9.17, 15) is 9.90 Å². The van der Waals surface area contributed by atoms with Gasteiger partial charge in [-0.05, 0) is 42.7 Å². The van der Waals surface area contributed by atoms with Gasteiger partial charge >= 0.3 is 5.97 Å². The van der Waals surface area contributed by atoms with Crippen molar-refractivity contribution in [3.8, 4) is 5.75 Å². The van der Waals surface area contributed by atoms with Gasteiger partial charge in [0.05, 0.1) is 5.56 Å². The molecule has 1 aliphatic rings. The number of ether oxygens (including phenoxy) is 1. The van der Waals surface area contributed by atoms with Crippen molar-refractivity contribution in [1.29, 1.82) is 0 Å². The zero-order valence-electron chi connectivity index (χ0n) is 14.3. The second-order valence-electron chi connectivity index (χ2n) is 6.74. The van der Waals surface area contributed by atoms with E-state index in [2.05, 4.69) is 4.90 Å². The van der Waals surface area contributed by atoms with E-state index in [0.29, 0.717) is 19.5 Å². The van der Waals surface area contributed by atoms with Gasteiger partial charge in [0.1, 0.15) is 18.0 Å². The highest BCUT2D eigenvalue weighted by molar-refractivity contribution is 5.87. The fourth-order valence-corrected chi connectivity index (χ4v) is 3.13. The van der Waals surface area contributed by atoms with Gasteiger partial charge in [0.15, 0.2) is 0 Å². The molecule has 0 amide bonds. The van der Waals surface area contributed by atoms with Gasteiger partial charge < -0.3 is 14.9 Å². The van der Waals surface area contributed by atoms with Gasteiger partial charge in [-0.25, -0.2) is 4.79 Å². The first-order valence-corrected chi connectivity index (χ1v) is 8.41. The van der Waals surface area contributed by atoms with Crippen LogP contribution in [-0.4, -0.2) is 46.4 Å². The number of β-amino-alcohol motifs (C(OH)–C–C–N with tert-alkyl or cyclic N) is 1. The summed E-state index contributed by atoms with van der Waals surface area (Å²) in [7, 11) is 0. The van der Waals surface area contributed by atoms with Crippen LogP contribution in [0.4, 0.5) is 0 Å². The number of carboxylic acid groups (broad SMARTS) is 1. The Labute approximate surface area is 147 Å². The average Bonchev–Trinajstić information content (AvgIpc) is 2.96. The smallest absolute Gasteiger partial charge is 0.335 e. The molecule has 0 radical (unpaired) electrons. The number of hydrogen-bond acceptors (Lipinski definition) is 4. The fourth-order valence-electron chi connectivity index (χ4n) is 3.13. The van der Waals surface area contributed by atoms with E-state index < -0.39 is 11.6 Å². The van der Waals surface area contributed by atoms with E-state index in [4.69, 9.17) is 9.84 Å². The topological polar surface area (TPSA) is 70.0 Å². The van der Waals surface area contributed by atoms with Gasteiger partial charge in [0, 0.05) is 19.6 Å². The van der Waals surface area contributed by atoms with E-state index >= 15 is 0 Å². The van der Waals surface area contributed by atoms with Crippen molar-refractivity contribution in [2.45, 2.75) is 25.5 Å². The summed E-state index contributed by atoms with van der Waals surface area (Å²) < 4.78 is 5.82. The lowest BCUT2D eigenvalue weighted by Gasteiger charge is -2.24. The Balaban J connectivity index is 1.55. The maximum absolute atomic E-state index is 10.9. The first kappa shape index (κ1) is 17.5. The third kappa shape index (κ3) is 4.38. The van der Waals surface area contributed by atoms with Crippen LogP contribution in [-0.2, 0) is 6.54 Å². The Hall–Kier alpha value is -2.37. The third-order valence-corrected chi connectivity index (χ3v) is 4.61. The predicted molar refractivity (Wildman–Crippen MR) is 94.9 cm³/mol. The van der Waals surface area contributed by atoms with Crippen LogP contribution < -0.4 is 4.74 Å². The predicted octanol–water partition coefficient (Wildman–Crippen LogP) is 2.71. The molecule has 25 heavy (non-hydrogen) atoms. The zero-order valence-corrected chi connectivity index (χ0v) is 14.3. The lowest BCUT2D eigenvalue weighted by Crippen LogP contribution is -2.39. The monoisotopic (exact) mass is 341 g/mol. The molecule has 0 aromatic heterocycles. The number of aryl methyl sites for hydroxylation is 1. The molecule has 0 saturated carbocycles. The van der Waals surface area contributed by atoms with E-state index in [1.165, 1.54) is 0 Å². The number of carbonyl (C=O) groups is 1. The molecule has 2 aromatic rings. The number of nitrogens with zero attached hydrogens (tertiary/aromatic N) is 1. The Morgan fingerprint density at radius 2 is 1.92 bits per heavy atom. The molecule has 0 bridgehead atoms. The minimum atomic E-state index is -0.921. The molecule has 5 heteroatoms. The number of aliphatic hydroxyl groups is 1. The molecular weight excluding hydrogens is 318 g/mol. The minimum absolute atomic E-state index is 0.270. The Morgan fingerprint density at radius 3 is 2.60 bits per heavy atom. The molecule has 1 atom stereocenters. The normalized spacial score (nSPS) is 20.6. The summed E-state index contributed by atoms with van der Waals surface area (Å²) in [6, 6.07) is 14.7. The molecule has 2 N–H and O–H groups in total. The van der Waals surface area contributed by atoms with Crippen molar-refractivity contribution in [2.24, 2.45) is 0 Å². The molecule has 0 aliphatic carbocycles. The van der Waals surface area contributed by atoms with Crippen LogP contribution in [0.5, 0.6) is 5.75 Å². The van der Waals surface area contributed by atoms with Crippen molar-refractivity contribution in [2.75, 3.05) is 19.7 Å². The number of aromatic carboxylic acids is 1. The van der Waals surface area contributed by atoms with Crippen molar-refractivity contribution in [1.82, 2.24) is 4.90 Å². The van der Waals surface area contributed by atoms with Crippen LogP contribution in [0.3, 0.4) is 0 Å². The van der Waals surface area contributed by atoms with Crippen LogP contribution in [0, 0.1) is 6.92 Å². The Morgan fingerprint density at radius 1 is 1.20 bits per heavy atom. The maximum atomic E-state index is 10.9. The van der Waals surface area contributed by atoms with Crippen LogP contribution in [0.25, 0.3) is 0 Å². The summed E-state index contributed by atoms with van der Waals surface area (Å²) in [6.07, 6.45) is 0.659. The zero-order chi connectivity index (χ0) is 17.9. The molecule has 1 saturated heterocycles. The van der Waals surface area contributed by atoms with E-state index in [0.717, 1.165) is 23.4 Å². The molecule has 1 aliphatic heterocycles. The molecule has 2 aromatic carbocycles. The number of hydrogen-bond donors (Lipinski definition) is 2. The highest BCUT2D eigenvalue weighted by Gasteiger charge is 2.36. The van der Waals surface area contributed by atoms with Gasteiger partial charge in [0.2, 0.25) is 0 Å². The van der Waals surface area contributed by atoms with Gasteiger partial charge in [-0.15, -0.1) is 0 Å². The summed E-state index contributed by atoms with van der Waals surface area (Å²) in [4.78, 5) is 13.1. The molecule has 132 valence electrons. The van der Waals surface area contributed by atoms with Gasteiger partial charge in [-0.1, -0.05) is 30.3 Å². The molecule has 1 fully saturated rings. The quantitative estimate of drug-likeness (QED) is 0.845. The minimum Gasteiger partial charge on any atom is -0.490 e. The lowest BCUT2D eigenvalue weighted by molar-refractivity contribution is 0.00320. The van der Waals surface area contributed by atoms with Crippen molar-refractivity contribution in [3.05, 3.63) is 65.2 Å². The second-order valence-corrected chi connectivity index (χ2v) is 6.74. The first-order valence-electron chi connectivity index (χ1n) is 8.41. The highest BCUT2D eigenvalue weighted by atomic mass is 16.5. The van der Waals surface area contributed by atoms with Crippen molar-refractivity contribution >= 4 is 5.97 Å². The van der Waals surface area contributed by atoms with Crippen LogP contribution in [0.2, 0.25) is 0 Å². The molecule has 3 rings (SSSR count). The van der Waals surface area contributed by atoms with Crippen LogP contribution in [0.15, 0.2) is 48.5 Å². The number of benzene rings is 2.